The van der Waals surface area contributed by atoms with Crippen LogP contribution in [-0.2, 0) is 11.9 Å². The number of oxime groups is 1. The maximum atomic E-state index is 14.2. The summed E-state index contributed by atoms with van der Waals surface area (Å²) in [5.74, 6) is 0.142. The average molecular weight is 426 g/mol. The minimum absolute atomic E-state index is 0.0620. The minimum atomic E-state index is -3.09. The van der Waals surface area contributed by atoms with E-state index >= 15 is 0 Å². The van der Waals surface area contributed by atoms with Gasteiger partial charge in [-0.15, -0.1) is 6.42 Å². The maximum Gasteiger partial charge on any atom is 0.283 e. The first-order chi connectivity index (χ1) is 14.9. The van der Waals surface area contributed by atoms with Gasteiger partial charge in [0.2, 0.25) is 5.95 Å². The number of hydrogen-bond acceptors (Lipinski definition) is 4. The summed E-state index contributed by atoms with van der Waals surface area (Å²) >= 11 is 0. The molecule has 1 N–H and O–H groups in total. The Bertz CT molecular complexity index is 1150. The number of halogens is 3. The molecule has 9 heteroatoms. The maximum absolute atomic E-state index is 14.2. The Morgan fingerprint density at radius 3 is 2.68 bits per heavy atom. The number of carbonyl (C=O) groups is 1. The quantitative estimate of drug-likeness (QED) is 0.264. The molecule has 31 heavy (non-hydrogen) atoms. The molecule has 0 aliphatic rings. The van der Waals surface area contributed by atoms with E-state index in [0.29, 0.717) is 15.9 Å². The van der Waals surface area contributed by atoms with Gasteiger partial charge in [-0.3, -0.25) is 4.79 Å². The predicted octanol–water partition coefficient (Wildman–Crippen LogP) is 4.40. The average Bonchev–Trinajstić information content (AvgIpc) is 3.07. The second-order valence-corrected chi connectivity index (χ2v) is 6.31. The van der Waals surface area contributed by atoms with Crippen LogP contribution in [0.15, 0.2) is 53.7 Å². The molecule has 0 saturated carbocycles. The van der Waals surface area contributed by atoms with Gasteiger partial charge in [-0.2, -0.15) is 9.49 Å². The van der Waals surface area contributed by atoms with Gasteiger partial charge >= 0.3 is 0 Å². The molecule has 3 rings (SSSR count). The van der Waals surface area contributed by atoms with E-state index in [4.69, 9.17) is 11.3 Å². The number of alkyl halides is 2. The highest BCUT2D eigenvalue weighted by molar-refractivity contribution is 6.07. The lowest BCUT2D eigenvalue weighted by atomic mass is 10.0. The van der Waals surface area contributed by atoms with Gasteiger partial charge in [0.15, 0.2) is 6.61 Å². The van der Waals surface area contributed by atoms with Gasteiger partial charge in [0, 0.05) is 18.3 Å². The zero-order chi connectivity index (χ0) is 22.4. The second-order valence-electron chi connectivity index (χ2n) is 6.31. The molecule has 0 aliphatic heterocycles. The van der Waals surface area contributed by atoms with Crippen LogP contribution in [0.25, 0.3) is 11.1 Å². The second kappa shape index (κ2) is 9.63. The molecular weight excluding hydrogens is 409 g/mol. The fraction of sp³-hybridized carbons (Fsp3) is 0.136. The van der Waals surface area contributed by atoms with Gasteiger partial charge in [0.1, 0.15) is 11.3 Å². The Balaban J connectivity index is 1.86. The summed E-state index contributed by atoms with van der Waals surface area (Å²) in [4.78, 5) is 17.4. The fourth-order valence-corrected chi connectivity index (χ4v) is 2.84. The molecule has 0 bridgehead atoms. The lowest BCUT2D eigenvalue weighted by molar-refractivity contribution is 0.100. The minimum Gasteiger partial charge on any atom is -0.383 e. The number of aryl methyl sites for hydroxylation is 1. The highest BCUT2D eigenvalue weighted by Gasteiger charge is 2.28. The zero-order valence-electron chi connectivity index (χ0n) is 16.3. The van der Waals surface area contributed by atoms with Crippen molar-refractivity contribution in [3.8, 4) is 23.5 Å². The molecule has 1 amide bonds. The number of amides is 1. The summed E-state index contributed by atoms with van der Waals surface area (Å²) in [6.45, 7) is 0.0620. The number of terminal acetylenes is 1. The van der Waals surface area contributed by atoms with Crippen molar-refractivity contribution in [2.24, 2.45) is 12.2 Å². The number of carbonyl (C=O) groups excluding carboxylic acids is 1. The fourth-order valence-electron chi connectivity index (χ4n) is 2.84. The molecule has 1 aromatic heterocycles. The van der Waals surface area contributed by atoms with E-state index in [1.807, 2.05) is 0 Å². The summed E-state index contributed by atoms with van der Waals surface area (Å²) in [7, 11) is 1.15. The van der Waals surface area contributed by atoms with Crippen molar-refractivity contribution in [2.45, 2.75) is 6.43 Å². The van der Waals surface area contributed by atoms with Crippen molar-refractivity contribution >= 4 is 17.8 Å². The van der Waals surface area contributed by atoms with Crippen molar-refractivity contribution in [3.05, 3.63) is 71.3 Å². The Hall–Kier alpha value is -4.06. The predicted molar refractivity (Wildman–Crippen MR) is 110 cm³/mol. The summed E-state index contributed by atoms with van der Waals surface area (Å²) in [5.41, 5.74) is 0.733. The molecule has 6 nitrogen and oxygen atoms in total. The van der Waals surface area contributed by atoms with Crippen LogP contribution in [0, 0.1) is 18.3 Å². The summed E-state index contributed by atoms with van der Waals surface area (Å²) in [5, 5.41) is 9.63. The molecule has 2 aromatic carbocycles. The van der Waals surface area contributed by atoms with Crippen LogP contribution in [0.1, 0.15) is 28.0 Å². The SMILES string of the molecule is C#CCO/N=C\c1ccc(-c2ccccc2NC(=O)c2c(C(F)F)nn(C)c2F)cc1. The smallest absolute Gasteiger partial charge is 0.283 e. The first-order valence-electron chi connectivity index (χ1n) is 9.02. The number of para-hydroxylation sites is 1. The third kappa shape index (κ3) is 4.93. The van der Waals surface area contributed by atoms with Crippen LogP contribution in [0.4, 0.5) is 18.9 Å². The van der Waals surface area contributed by atoms with Crippen molar-refractivity contribution in [2.75, 3.05) is 11.9 Å². The van der Waals surface area contributed by atoms with E-state index in [1.165, 1.54) is 6.21 Å². The van der Waals surface area contributed by atoms with E-state index in [0.717, 1.165) is 18.2 Å². The molecule has 1 heterocycles. The van der Waals surface area contributed by atoms with Gasteiger partial charge < -0.3 is 10.2 Å². The van der Waals surface area contributed by atoms with Crippen LogP contribution < -0.4 is 5.32 Å². The van der Waals surface area contributed by atoms with Crippen LogP contribution in [0.3, 0.4) is 0 Å². The van der Waals surface area contributed by atoms with Crippen LogP contribution in [-0.4, -0.2) is 28.5 Å². The molecule has 0 atom stereocenters. The van der Waals surface area contributed by atoms with E-state index < -0.39 is 29.5 Å². The summed E-state index contributed by atoms with van der Waals surface area (Å²) in [6, 6.07) is 13.8. The van der Waals surface area contributed by atoms with Crippen LogP contribution in [0.2, 0.25) is 0 Å². The Morgan fingerprint density at radius 1 is 1.29 bits per heavy atom. The molecule has 0 radical (unpaired) electrons. The standard InChI is InChI=1S/C22H17F3N4O2/c1-3-12-31-26-13-14-8-10-15(11-9-14)16-6-4-5-7-17(16)27-22(30)18-19(20(23)24)28-29(2)21(18)25/h1,4-11,13,20H,12H2,2H3,(H,27,30)/b26-13-. The molecule has 0 spiro atoms. The molecule has 0 unspecified atom stereocenters. The highest BCUT2D eigenvalue weighted by atomic mass is 19.3. The third-order valence-corrected chi connectivity index (χ3v) is 4.26. The van der Waals surface area contributed by atoms with Gasteiger partial charge in [0.05, 0.1) is 6.21 Å². The van der Waals surface area contributed by atoms with Gasteiger partial charge in [-0.05, 0) is 17.2 Å². The largest absolute Gasteiger partial charge is 0.383 e. The van der Waals surface area contributed by atoms with Crippen LogP contribution in [0.5, 0.6) is 0 Å². The topological polar surface area (TPSA) is 68.5 Å². The van der Waals surface area contributed by atoms with Crippen molar-refractivity contribution in [1.29, 1.82) is 0 Å². The normalized spacial score (nSPS) is 11.0. The molecule has 0 aliphatic carbocycles. The van der Waals surface area contributed by atoms with Crippen molar-refractivity contribution in [1.82, 2.24) is 9.78 Å². The van der Waals surface area contributed by atoms with E-state index in [1.54, 1.807) is 48.5 Å². The molecule has 0 fully saturated rings. The van der Waals surface area contributed by atoms with E-state index in [9.17, 15) is 18.0 Å². The zero-order valence-corrected chi connectivity index (χ0v) is 16.3. The number of benzene rings is 2. The summed E-state index contributed by atoms with van der Waals surface area (Å²) in [6.07, 6.45) is 3.47. The van der Waals surface area contributed by atoms with Crippen molar-refractivity contribution < 1.29 is 22.8 Å². The number of nitrogens with zero attached hydrogens (tertiary/aromatic N) is 3. The van der Waals surface area contributed by atoms with Crippen molar-refractivity contribution in [3.63, 3.8) is 0 Å². The molecule has 0 saturated heterocycles. The third-order valence-electron chi connectivity index (χ3n) is 4.26. The lowest BCUT2D eigenvalue weighted by Gasteiger charge is -2.12. The number of anilines is 1. The van der Waals surface area contributed by atoms with Gasteiger partial charge in [0.25, 0.3) is 12.3 Å². The molecular formula is C22H17F3N4O2. The Labute approximate surface area is 176 Å². The number of aromatic nitrogens is 2. The molecule has 158 valence electrons. The van der Waals surface area contributed by atoms with Crippen LogP contribution >= 0.6 is 0 Å². The molecule has 3 aromatic rings. The van der Waals surface area contributed by atoms with Gasteiger partial charge in [-0.25, -0.2) is 13.5 Å². The van der Waals surface area contributed by atoms with Gasteiger partial charge in [-0.1, -0.05) is 53.5 Å². The number of rotatable bonds is 7. The summed E-state index contributed by atoms with van der Waals surface area (Å²) < 4.78 is 41.2. The first kappa shape index (κ1) is 21.6. The number of nitrogens with one attached hydrogen (secondary N) is 1. The monoisotopic (exact) mass is 426 g/mol. The Kier molecular flexibility index (Phi) is 6.72. The first-order valence-corrected chi connectivity index (χ1v) is 9.02. The van der Waals surface area contributed by atoms with E-state index in [2.05, 4.69) is 21.5 Å². The Morgan fingerprint density at radius 2 is 2.00 bits per heavy atom. The highest BCUT2D eigenvalue weighted by Crippen LogP contribution is 2.30. The number of hydrogen-bond donors (Lipinski definition) is 1. The van der Waals surface area contributed by atoms with E-state index in [-0.39, 0.29) is 6.61 Å². The lowest BCUT2D eigenvalue weighted by Crippen LogP contribution is -2.16.